The third-order valence-corrected chi connectivity index (χ3v) is 5.06. The molecule has 1 unspecified atom stereocenters. The van der Waals surface area contributed by atoms with Gasteiger partial charge in [0.15, 0.2) is 0 Å². The maximum Gasteiger partial charge on any atom is 0.325 e. The van der Waals surface area contributed by atoms with Crippen molar-refractivity contribution >= 4 is 29.4 Å². The van der Waals surface area contributed by atoms with E-state index >= 15 is 0 Å². The highest BCUT2D eigenvalue weighted by Crippen LogP contribution is 2.30. The molecular weight excluding hydrogens is 384 g/mol. The molecule has 0 aromatic heterocycles. The normalized spacial score (nSPS) is 18.2. The summed E-state index contributed by atoms with van der Waals surface area (Å²) in [4.78, 5) is 52.4. The van der Waals surface area contributed by atoms with Gasteiger partial charge in [0.1, 0.15) is 12.1 Å². The first-order valence-corrected chi connectivity index (χ1v) is 9.45. The van der Waals surface area contributed by atoms with Crippen LogP contribution in [0, 0.1) is 6.92 Å². The first kappa shape index (κ1) is 21.0. The van der Waals surface area contributed by atoms with Crippen molar-refractivity contribution in [3.05, 3.63) is 65.2 Å². The lowest BCUT2D eigenvalue weighted by Gasteiger charge is -2.24. The van der Waals surface area contributed by atoms with Gasteiger partial charge in [-0.15, -0.1) is 0 Å². The number of amides is 5. The summed E-state index contributed by atoms with van der Waals surface area (Å²) in [6.45, 7) is 3.05. The molecule has 30 heavy (non-hydrogen) atoms. The third kappa shape index (κ3) is 3.89. The van der Waals surface area contributed by atoms with Crippen LogP contribution in [-0.2, 0) is 15.1 Å². The molecule has 3 rings (SSSR count). The maximum atomic E-state index is 13.0. The Morgan fingerprint density at radius 3 is 2.47 bits per heavy atom. The molecule has 1 heterocycles. The van der Waals surface area contributed by atoms with Crippen molar-refractivity contribution in [2.45, 2.75) is 19.4 Å². The van der Waals surface area contributed by atoms with Gasteiger partial charge in [-0.3, -0.25) is 19.3 Å². The van der Waals surface area contributed by atoms with Crippen LogP contribution in [0.3, 0.4) is 0 Å². The molecule has 1 saturated heterocycles. The average Bonchev–Trinajstić information content (AvgIpc) is 2.91. The fourth-order valence-electron chi connectivity index (χ4n) is 3.49. The number of imide groups is 1. The van der Waals surface area contributed by atoms with Gasteiger partial charge in [-0.05, 0) is 43.2 Å². The predicted molar refractivity (Wildman–Crippen MR) is 112 cm³/mol. The summed E-state index contributed by atoms with van der Waals surface area (Å²) in [6.07, 6.45) is 0. The minimum atomic E-state index is -1.24. The first-order valence-electron chi connectivity index (χ1n) is 9.45. The number of carbonyl (C=O) groups is 4. The largest absolute Gasteiger partial charge is 0.345 e. The van der Waals surface area contributed by atoms with E-state index in [2.05, 4.69) is 10.6 Å². The van der Waals surface area contributed by atoms with E-state index in [1.165, 1.54) is 4.90 Å². The van der Waals surface area contributed by atoms with Crippen molar-refractivity contribution in [1.29, 1.82) is 0 Å². The fraction of sp³-hybridized carbons (Fsp3) is 0.273. The van der Waals surface area contributed by atoms with E-state index < -0.39 is 29.9 Å². The fourth-order valence-corrected chi connectivity index (χ4v) is 3.49. The van der Waals surface area contributed by atoms with Crippen molar-refractivity contribution in [1.82, 2.24) is 15.1 Å². The van der Waals surface area contributed by atoms with E-state index in [0.717, 1.165) is 10.5 Å². The van der Waals surface area contributed by atoms with Crippen molar-refractivity contribution < 1.29 is 19.2 Å². The molecule has 2 N–H and O–H groups in total. The van der Waals surface area contributed by atoms with Crippen molar-refractivity contribution in [2.75, 3.05) is 26.0 Å². The Morgan fingerprint density at radius 1 is 1.10 bits per heavy atom. The molecule has 156 valence electrons. The number of benzene rings is 2. The summed E-state index contributed by atoms with van der Waals surface area (Å²) in [5.41, 5.74) is 1.13. The van der Waals surface area contributed by atoms with E-state index in [1.807, 2.05) is 19.1 Å². The van der Waals surface area contributed by atoms with Crippen LogP contribution in [-0.4, -0.2) is 54.2 Å². The number of hydrogen-bond donors (Lipinski definition) is 2. The second-order valence-corrected chi connectivity index (χ2v) is 7.59. The second-order valence-electron chi connectivity index (χ2n) is 7.59. The van der Waals surface area contributed by atoms with Crippen LogP contribution in [0.4, 0.5) is 10.5 Å². The zero-order valence-electron chi connectivity index (χ0n) is 17.4. The number of aryl methyl sites for hydroxylation is 1. The van der Waals surface area contributed by atoms with Gasteiger partial charge in [-0.25, -0.2) is 4.79 Å². The molecule has 0 spiro atoms. The summed E-state index contributed by atoms with van der Waals surface area (Å²) >= 11 is 0. The smallest absolute Gasteiger partial charge is 0.325 e. The Kier molecular flexibility index (Phi) is 5.60. The molecule has 2 aromatic carbocycles. The Balaban J connectivity index is 1.74. The van der Waals surface area contributed by atoms with Gasteiger partial charge in [-0.2, -0.15) is 0 Å². The number of hydrogen-bond acceptors (Lipinski definition) is 4. The first-order chi connectivity index (χ1) is 14.1. The van der Waals surface area contributed by atoms with E-state index in [9.17, 15) is 19.2 Å². The number of carbonyl (C=O) groups excluding carboxylic acids is 4. The molecule has 1 fully saturated rings. The van der Waals surface area contributed by atoms with E-state index in [0.29, 0.717) is 16.8 Å². The topological polar surface area (TPSA) is 98.8 Å². The van der Waals surface area contributed by atoms with Gasteiger partial charge < -0.3 is 15.5 Å². The number of nitrogens with zero attached hydrogens (tertiary/aromatic N) is 2. The SMILES string of the molecule is Cc1ccccc1C1(C)NC(=O)N(CC(=O)Nc2cccc(C(=O)N(C)C)c2)C1=O. The minimum absolute atomic E-state index is 0.200. The lowest BCUT2D eigenvalue weighted by Crippen LogP contribution is -2.42. The molecule has 0 bridgehead atoms. The highest BCUT2D eigenvalue weighted by atomic mass is 16.2. The van der Waals surface area contributed by atoms with Gasteiger partial charge in [-0.1, -0.05) is 30.3 Å². The maximum absolute atomic E-state index is 13.0. The number of urea groups is 1. The van der Waals surface area contributed by atoms with E-state index in [4.69, 9.17) is 0 Å². The Morgan fingerprint density at radius 2 is 1.80 bits per heavy atom. The predicted octanol–water partition coefficient (Wildman–Crippen LogP) is 2.10. The molecule has 0 aliphatic carbocycles. The van der Waals surface area contributed by atoms with Crippen LogP contribution >= 0.6 is 0 Å². The molecule has 2 aromatic rings. The van der Waals surface area contributed by atoms with Crippen LogP contribution in [0.15, 0.2) is 48.5 Å². The van der Waals surface area contributed by atoms with E-state index in [-0.39, 0.29) is 5.91 Å². The third-order valence-electron chi connectivity index (χ3n) is 5.06. The second kappa shape index (κ2) is 7.98. The Labute approximate surface area is 174 Å². The molecule has 8 heteroatoms. The van der Waals surface area contributed by atoms with E-state index in [1.54, 1.807) is 57.4 Å². The molecule has 1 aliphatic heterocycles. The van der Waals surface area contributed by atoms with Crippen molar-refractivity contribution in [3.63, 3.8) is 0 Å². The van der Waals surface area contributed by atoms with Crippen LogP contribution in [0.1, 0.15) is 28.4 Å². The highest BCUT2D eigenvalue weighted by molar-refractivity contribution is 6.10. The molecule has 1 atom stereocenters. The molecule has 0 saturated carbocycles. The average molecular weight is 408 g/mol. The summed E-state index contributed by atoms with van der Waals surface area (Å²) in [6, 6.07) is 13.1. The van der Waals surface area contributed by atoms with Crippen molar-refractivity contribution in [3.8, 4) is 0 Å². The van der Waals surface area contributed by atoms with Crippen LogP contribution in [0.5, 0.6) is 0 Å². The Hall–Kier alpha value is -3.68. The van der Waals surface area contributed by atoms with Gasteiger partial charge in [0.05, 0.1) is 0 Å². The molecule has 1 aliphatic rings. The summed E-state index contributed by atoms with van der Waals surface area (Å²) < 4.78 is 0. The molecule has 5 amide bonds. The molecule has 8 nitrogen and oxygen atoms in total. The number of nitrogens with one attached hydrogen (secondary N) is 2. The highest BCUT2D eigenvalue weighted by Gasteiger charge is 2.50. The van der Waals surface area contributed by atoms with Gasteiger partial charge >= 0.3 is 6.03 Å². The van der Waals surface area contributed by atoms with Crippen LogP contribution < -0.4 is 10.6 Å². The van der Waals surface area contributed by atoms with Gasteiger partial charge in [0, 0.05) is 25.3 Å². The van der Waals surface area contributed by atoms with Crippen molar-refractivity contribution in [2.24, 2.45) is 0 Å². The lowest BCUT2D eigenvalue weighted by molar-refractivity contribution is -0.133. The number of anilines is 1. The summed E-state index contributed by atoms with van der Waals surface area (Å²) in [5, 5.41) is 5.34. The van der Waals surface area contributed by atoms with Crippen LogP contribution in [0.25, 0.3) is 0 Å². The lowest BCUT2D eigenvalue weighted by atomic mass is 9.88. The standard InChI is InChI=1S/C22H24N4O4/c1-14-8-5-6-11-17(14)22(2)20(29)26(21(30)24-22)13-18(27)23-16-10-7-9-15(12-16)19(28)25(3)4/h5-12H,13H2,1-4H3,(H,23,27)(H,24,30). The van der Waals surface area contributed by atoms with Gasteiger partial charge in [0.25, 0.3) is 11.8 Å². The molecule has 0 radical (unpaired) electrons. The van der Waals surface area contributed by atoms with Gasteiger partial charge in [0.2, 0.25) is 5.91 Å². The number of rotatable bonds is 5. The zero-order chi connectivity index (χ0) is 22.1. The monoisotopic (exact) mass is 408 g/mol. The summed E-state index contributed by atoms with van der Waals surface area (Å²) in [7, 11) is 3.27. The Bertz CT molecular complexity index is 1030. The zero-order valence-corrected chi connectivity index (χ0v) is 17.4. The summed E-state index contributed by atoms with van der Waals surface area (Å²) in [5.74, 6) is -1.23. The quantitative estimate of drug-likeness (QED) is 0.740. The van der Waals surface area contributed by atoms with Crippen LogP contribution in [0.2, 0.25) is 0 Å². The molecular formula is C22H24N4O4. The minimum Gasteiger partial charge on any atom is -0.345 e.